The van der Waals surface area contributed by atoms with Gasteiger partial charge in [0.25, 0.3) is 0 Å². The minimum atomic E-state index is 0.277. The Balaban J connectivity index is 1.99. The van der Waals surface area contributed by atoms with Gasteiger partial charge in [-0.2, -0.15) is 0 Å². The largest absolute Gasteiger partial charge is 0.294 e. The number of benzene rings is 1. The van der Waals surface area contributed by atoms with Gasteiger partial charge >= 0.3 is 0 Å². The van der Waals surface area contributed by atoms with E-state index in [0.717, 1.165) is 24.8 Å². The van der Waals surface area contributed by atoms with Crippen LogP contribution in [0.25, 0.3) is 0 Å². The van der Waals surface area contributed by atoms with Gasteiger partial charge in [-0.3, -0.25) is 4.79 Å². The molecular formula is C18H24O. The molecule has 0 N–H and O–H groups in total. The van der Waals surface area contributed by atoms with Crippen LogP contribution in [0, 0.1) is 11.8 Å². The summed E-state index contributed by atoms with van der Waals surface area (Å²) in [5.74, 6) is 6.28. The molecule has 0 radical (unpaired) electrons. The Morgan fingerprint density at radius 1 is 0.947 bits per heavy atom. The summed E-state index contributed by atoms with van der Waals surface area (Å²) in [6.07, 6.45) is 8.88. The van der Waals surface area contributed by atoms with E-state index in [1.807, 2.05) is 37.3 Å². The Morgan fingerprint density at radius 3 is 2.26 bits per heavy atom. The molecule has 0 unspecified atom stereocenters. The van der Waals surface area contributed by atoms with Gasteiger partial charge in [-0.05, 0) is 19.8 Å². The third kappa shape index (κ3) is 7.47. The first-order valence-electron chi connectivity index (χ1n) is 7.32. The van der Waals surface area contributed by atoms with E-state index in [9.17, 15) is 4.79 Å². The van der Waals surface area contributed by atoms with Crippen LogP contribution in [0.2, 0.25) is 0 Å². The Morgan fingerprint density at radius 2 is 1.58 bits per heavy atom. The van der Waals surface area contributed by atoms with Crippen molar-refractivity contribution in [3.05, 3.63) is 35.9 Å². The monoisotopic (exact) mass is 256 g/mol. The summed E-state index contributed by atoms with van der Waals surface area (Å²) in [6.45, 7) is 1.89. The highest BCUT2D eigenvalue weighted by Crippen LogP contribution is 2.11. The molecule has 0 amide bonds. The summed E-state index contributed by atoms with van der Waals surface area (Å²) in [6, 6.07) is 9.59. The van der Waals surface area contributed by atoms with Crippen molar-refractivity contribution >= 4 is 5.78 Å². The van der Waals surface area contributed by atoms with Gasteiger partial charge in [-0.1, -0.05) is 56.0 Å². The fourth-order valence-electron chi connectivity index (χ4n) is 2.10. The lowest BCUT2D eigenvalue weighted by Crippen LogP contribution is -1.98. The predicted molar refractivity (Wildman–Crippen MR) is 81.2 cm³/mol. The first-order valence-corrected chi connectivity index (χ1v) is 7.32. The van der Waals surface area contributed by atoms with Gasteiger partial charge in [0.05, 0.1) is 0 Å². The summed E-state index contributed by atoms with van der Waals surface area (Å²) in [4.78, 5) is 11.8. The van der Waals surface area contributed by atoms with E-state index >= 15 is 0 Å². The molecule has 1 aromatic carbocycles. The van der Waals surface area contributed by atoms with Crippen LogP contribution in [-0.2, 0) is 0 Å². The second-order valence-corrected chi connectivity index (χ2v) is 4.84. The Kier molecular flexibility index (Phi) is 8.47. The topological polar surface area (TPSA) is 17.1 Å². The molecule has 0 bridgehead atoms. The SMILES string of the molecule is CC#CCCCCCCCCC(=O)c1ccccc1. The zero-order valence-electron chi connectivity index (χ0n) is 12.0. The number of hydrogen-bond donors (Lipinski definition) is 0. The Bertz CT molecular complexity index is 408. The lowest BCUT2D eigenvalue weighted by Gasteiger charge is -2.01. The van der Waals surface area contributed by atoms with Gasteiger partial charge in [-0.15, -0.1) is 11.8 Å². The zero-order valence-corrected chi connectivity index (χ0v) is 12.0. The maximum Gasteiger partial charge on any atom is 0.162 e. The quantitative estimate of drug-likeness (QED) is 0.345. The van der Waals surface area contributed by atoms with Crippen LogP contribution in [-0.4, -0.2) is 5.78 Å². The molecule has 1 heteroatoms. The highest BCUT2D eigenvalue weighted by molar-refractivity contribution is 5.95. The van der Waals surface area contributed by atoms with Crippen LogP contribution >= 0.6 is 0 Å². The molecule has 0 saturated carbocycles. The predicted octanol–water partition coefficient (Wildman–Crippen LogP) is 5.01. The minimum Gasteiger partial charge on any atom is -0.294 e. The zero-order chi connectivity index (χ0) is 13.8. The van der Waals surface area contributed by atoms with Gasteiger partial charge < -0.3 is 0 Å². The van der Waals surface area contributed by atoms with Crippen LogP contribution < -0.4 is 0 Å². The maximum absolute atomic E-state index is 11.8. The summed E-state index contributed by atoms with van der Waals surface area (Å²) < 4.78 is 0. The number of carbonyl (C=O) groups excluding carboxylic acids is 1. The van der Waals surface area contributed by atoms with Crippen molar-refractivity contribution in [3.8, 4) is 11.8 Å². The van der Waals surface area contributed by atoms with Crippen LogP contribution in [0.3, 0.4) is 0 Å². The summed E-state index contributed by atoms with van der Waals surface area (Å²) in [5.41, 5.74) is 0.848. The van der Waals surface area contributed by atoms with E-state index in [1.165, 1.54) is 25.7 Å². The van der Waals surface area contributed by atoms with Gasteiger partial charge in [0.1, 0.15) is 0 Å². The van der Waals surface area contributed by atoms with E-state index in [1.54, 1.807) is 0 Å². The van der Waals surface area contributed by atoms with Gasteiger partial charge in [-0.25, -0.2) is 0 Å². The molecule has 0 aliphatic carbocycles. The number of carbonyl (C=O) groups is 1. The molecule has 0 atom stereocenters. The number of unbranched alkanes of at least 4 members (excludes halogenated alkanes) is 6. The molecule has 0 heterocycles. The second kappa shape index (κ2) is 10.4. The van der Waals surface area contributed by atoms with Crippen molar-refractivity contribution in [2.45, 2.75) is 58.3 Å². The third-order valence-electron chi connectivity index (χ3n) is 3.23. The van der Waals surface area contributed by atoms with Crippen molar-refractivity contribution < 1.29 is 4.79 Å². The first kappa shape index (κ1) is 15.5. The third-order valence-corrected chi connectivity index (χ3v) is 3.23. The molecular weight excluding hydrogens is 232 g/mol. The number of hydrogen-bond acceptors (Lipinski definition) is 1. The van der Waals surface area contributed by atoms with E-state index in [0.29, 0.717) is 6.42 Å². The molecule has 1 aromatic rings. The Hall–Kier alpha value is -1.55. The van der Waals surface area contributed by atoms with Crippen molar-refractivity contribution in [3.63, 3.8) is 0 Å². The molecule has 0 spiro atoms. The van der Waals surface area contributed by atoms with E-state index in [-0.39, 0.29) is 5.78 Å². The molecule has 0 aliphatic rings. The molecule has 0 aromatic heterocycles. The van der Waals surface area contributed by atoms with E-state index in [2.05, 4.69) is 11.8 Å². The molecule has 19 heavy (non-hydrogen) atoms. The van der Waals surface area contributed by atoms with Crippen LogP contribution in [0.15, 0.2) is 30.3 Å². The number of rotatable bonds is 9. The number of ketones is 1. The first-order chi connectivity index (χ1) is 9.34. The second-order valence-electron chi connectivity index (χ2n) is 4.84. The average Bonchev–Trinajstić information content (AvgIpc) is 2.46. The highest BCUT2D eigenvalue weighted by Gasteiger charge is 2.03. The molecule has 102 valence electrons. The normalized spacial score (nSPS) is 9.74. The van der Waals surface area contributed by atoms with Crippen LogP contribution in [0.5, 0.6) is 0 Å². The summed E-state index contributed by atoms with van der Waals surface area (Å²) in [7, 11) is 0. The maximum atomic E-state index is 11.8. The van der Waals surface area contributed by atoms with Gasteiger partial charge in [0.2, 0.25) is 0 Å². The standard InChI is InChI=1S/C18H24O/c1-2-3-4-5-6-7-8-9-13-16-18(19)17-14-11-10-12-15-17/h10-12,14-15H,4-9,13,16H2,1H3. The van der Waals surface area contributed by atoms with E-state index < -0.39 is 0 Å². The van der Waals surface area contributed by atoms with Crippen molar-refractivity contribution in [2.75, 3.05) is 0 Å². The smallest absolute Gasteiger partial charge is 0.162 e. The lowest BCUT2D eigenvalue weighted by molar-refractivity contribution is 0.0979. The van der Waals surface area contributed by atoms with Gasteiger partial charge in [0, 0.05) is 18.4 Å². The van der Waals surface area contributed by atoms with Gasteiger partial charge in [0.15, 0.2) is 5.78 Å². The molecule has 0 saturated heterocycles. The summed E-state index contributed by atoms with van der Waals surface area (Å²) >= 11 is 0. The fraction of sp³-hybridized carbons (Fsp3) is 0.500. The van der Waals surface area contributed by atoms with Crippen LogP contribution in [0.1, 0.15) is 68.6 Å². The van der Waals surface area contributed by atoms with Crippen molar-refractivity contribution in [1.82, 2.24) is 0 Å². The molecule has 0 fully saturated rings. The molecule has 1 rings (SSSR count). The molecule has 1 nitrogen and oxygen atoms in total. The summed E-state index contributed by atoms with van der Waals surface area (Å²) in [5, 5.41) is 0. The molecule has 0 aliphatic heterocycles. The Labute approximate surface area is 117 Å². The highest BCUT2D eigenvalue weighted by atomic mass is 16.1. The lowest BCUT2D eigenvalue weighted by atomic mass is 10.0. The minimum absolute atomic E-state index is 0.277. The van der Waals surface area contributed by atoms with Crippen LogP contribution in [0.4, 0.5) is 0 Å². The fourth-order valence-corrected chi connectivity index (χ4v) is 2.10. The average molecular weight is 256 g/mol. The van der Waals surface area contributed by atoms with E-state index in [4.69, 9.17) is 0 Å². The number of Topliss-reactive ketones (excluding diaryl/α,β-unsaturated/α-hetero) is 1. The van der Waals surface area contributed by atoms with Crippen molar-refractivity contribution in [1.29, 1.82) is 0 Å². The van der Waals surface area contributed by atoms with Crippen molar-refractivity contribution in [2.24, 2.45) is 0 Å².